The minimum atomic E-state index is -0.427. The molecule has 0 saturated carbocycles. The Labute approximate surface area is 87.7 Å². The van der Waals surface area contributed by atoms with Crippen LogP contribution in [0.3, 0.4) is 0 Å². The van der Waals surface area contributed by atoms with Gasteiger partial charge in [-0.05, 0) is 24.6 Å². The van der Waals surface area contributed by atoms with E-state index in [1.54, 1.807) is 26.0 Å². The highest BCUT2D eigenvalue weighted by Gasteiger charge is 2.09. The molecular weight excluding hydrogens is 199 g/mol. The van der Waals surface area contributed by atoms with E-state index in [9.17, 15) is 9.18 Å². The number of hydrogen-bond acceptors (Lipinski definition) is 3. The first-order valence-electron chi connectivity index (χ1n) is 4.75. The third-order valence-electron chi connectivity index (χ3n) is 1.91. The predicted molar refractivity (Wildman–Crippen MR) is 52.3 cm³/mol. The van der Waals surface area contributed by atoms with Gasteiger partial charge in [-0.15, -0.1) is 0 Å². The number of rotatable bonds is 4. The first kappa shape index (κ1) is 11.7. The maximum absolute atomic E-state index is 12.6. The van der Waals surface area contributed by atoms with Crippen LogP contribution in [0.15, 0.2) is 24.3 Å². The van der Waals surface area contributed by atoms with Crippen LogP contribution in [0.1, 0.15) is 31.9 Å². The molecule has 0 aromatic heterocycles. The van der Waals surface area contributed by atoms with E-state index in [1.165, 1.54) is 12.1 Å². The van der Waals surface area contributed by atoms with Crippen LogP contribution in [-0.2, 0) is 14.6 Å². The molecule has 0 spiro atoms. The molecule has 0 N–H and O–H groups in total. The summed E-state index contributed by atoms with van der Waals surface area (Å²) in [5.74, 6) is -0.736. The molecule has 0 aliphatic heterocycles. The van der Waals surface area contributed by atoms with Gasteiger partial charge in [0.25, 0.3) is 0 Å². The lowest BCUT2D eigenvalue weighted by Gasteiger charge is -2.10. The third kappa shape index (κ3) is 3.67. The summed E-state index contributed by atoms with van der Waals surface area (Å²) in [4.78, 5) is 20.1. The zero-order chi connectivity index (χ0) is 11.3. The number of halogens is 1. The summed E-state index contributed by atoms with van der Waals surface area (Å²) in [5, 5.41) is 0. The van der Waals surface area contributed by atoms with E-state index in [2.05, 4.69) is 4.89 Å². The van der Waals surface area contributed by atoms with Gasteiger partial charge in [0, 0.05) is 6.42 Å². The van der Waals surface area contributed by atoms with Gasteiger partial charge < -0.3 is 0 Å². The average Bonchev–Trinajstić information content (AvgIpc) is 2.26. The van der Waals surface area contributed by atoms with Gasteiger partial charge in [-0.3, -0.25) is 4.89 Å². The Morgan fingerprint density at radius 2 is 2.00 bits per heavy atom. The number of benzene rings is 1. The van der Waals surface area contributed by atoms with Crippen molar-refractivity contribution in [1.29, 1.82) is 0 Å². The van der Waals surface area contributed by atoms with Crippen LogP contribution in [0.2, 0.25) is 0 Å². The van der Waals surface area contributed by atoms with Crippen LogP contribution in [-0.4, -0.2) is 5.97 Å². The lowest BCUT2D eigenvalue weighted by atomic mass is 10.1. The Morgan fingerprint density at radius 3 is 2.53 bits per heavy atom. The van der Waals surface area contributed by atoms with Crippen LogP contribution >= 0.6 is 0 Å². The monoisotopic (exact) mass is 212 g/mol. The van der Waals surface area contributed by atoms with Gasteiger partial charge in [0.1, 0.15) is 11.9 Å². The van der Waals surface area contributed by atoms with E-state index < -0.39 is 12.1 Å². The summed E-state index contributed by atoms with van der Waals surface area (Å²) < 4.78 is 12.6. The van der Waals surface area contributed by atoms with E-state index in [4.69, 9.17) is 4.89 Å². The molecule has 0 fully saturated rings. The molecule has 0 aliphatic carbocycles. The fraction of sp³-hybridized carbons (Fsp3) is 0.364. The molecule has 0 saturated heterocycles. The summed E-state index contributed by atoms with van der Waals surface area (Å²) in [6.45, 7) is 3.39. The molecule has 0 radical (unpaired) electrons. The molecule has 0 heterocycles. The van der Waals surface area contributed by atoms with E-state index in [0.717, 1.165) is 5.56 Å². The molecular formula is C11H13FO3. The van der Waals surface area contributed by atoms with E-state index >= 15 is 0 Å². The van der Waals surface area contributed by atoms with Gasteiger partial charge in [-0.2, -0.15) is 4.89 Å². The molecule has 1 aromatic rings. The second-order valence-corrected chi connectivity index (χ2v) is 3.10. The van der Waals surface area contributed by atoms with Crippen LogP contribution < -0.4 is 0 Å². The van der Waals surface area contributed by atoms with Gasteiger partial charge in [-0.25, -0.2) is 9.18 Å². The minimum Gasteiger partial charge on any atom is -0.298 e. The largest absolute Gasteiger partial charge is 0.342 e. The molecule has 1 rings (SSSR count). The highest BCUT2D eigenvalue weighted by Crippen LogP contribution is 2.17. The number of carbonyl (C=O) groups is 1. The molecule has 1 unspecified atom stereocenters. The van der Waals surface area contributed by atoms with Gasteiger partial charge in [0.15, 0.2) is 0 Å². The van der Waals surface area contributed by atoms with Crippen molar-refractivity contribution in [2.75, 3.05) is 0 Å². The molecule has 15 heavy (non-hydrogen) atoms. The summed E-state index contributed by atoms with van der Waals surface area (Å²) in [7, 11) is 0. The zero-order valence-corrected chi connectivity index (χ0v) is 8.70. The van der Waals surface area contributed by atoms with E-state index in [1.807, 2.05) is 0 Å². The Bertz CT molecular complexity index is 321. The highest BCUT2D eigenvalue weighted by molar-refractivity contribution is 5.68. The van der Waals surface area contributed by atoms with Crippen LogP contribution in [0.5, 0.6) is 0 Å². The van der Waals surface area contributed by atoms with Crippen molar-refractivity contribution in [3.63, 3.8) is 0 Å². The standard InChI is InChI=1S/C11H13FO3/c1-3-11(13)15-14-8(2)9-4-6-10(12)7-5-9/h4-8H,3H2,1-2H3. The second kappa shape index (κ2) is 5.46. The molecule has 4 heteroatoms. The van der Waals surface area contributed by atoms with Crippen molar-refractivity contribution < 1.29 is 19.0 Å². The smallest absolute Gasteiger partial charge is 0.298 e. The molecule has 1 aromatic carbocycles. The first-order valence-corrected chi connectivity index (χ1v) is 4.75. The molecule has 0 bridgehead atoms. The SMILES string of the molecule is CCC(=O)OOC(C)c1ccc(F)cc1. The van der Waals surface area contributed by atoms with Crippen LogP contribution in [0.4, 0.5) is 4.39 Å². The number of hydrogen-bond donors (Lipinski definition) is 0. The molecule has 82 valence electrons. The van der Waals surface area contributed by atoms with Gasteiger partial charge in [0.2, 0.25) is 0 Å². The third-order valence-corrected chi connectivity index (χ3v) is 1.91. The average molecular weight is 212 g/mol. The van der Waals surface area contributed by atoms with Crippen molar-refractivity contribution in [1.82, 2.24) is 0 Å². The normalized spacial score (nSPS) is 12.2. The van der Waals surface area contributed by atoms with Crippen LogP contribution in [0, 0.1) is 5.82 Å². The second-order valence-electron chi connectivity index (χ2n) is 3.10. The Balaban J connectivity index is 2.50. The molecule has 3 nitrogen and oxygen atoms in total. The van der Waals surface area contributed by atoms with Crippen molar-refractivity contribution in [2.24, 2.45) is 0 Å². The molecule has 1 atom stereocenters. The summed E-state index contributed by atoms with van der Waals surface area (Å²) in [6, 6.07) is 5.83. The van der Waals surface area contributed by atoms with Gasteiger partial charge in [-0.1, -0.05) is 19.1 Å². The quantitative estimate of drug-likeness (QED) is 0.568. The molecule has 0 aliphatic rings. The maximum Gasteiger partial charge on any atom is 0.342 e. The van der Waals surface area contributed by atoms with E-state index in [0.29, 0.717) is 0 Å². The lowest BCUT2D eigenvalue weighted by Crippen LogP contribution is -2.07. The fourth-order valence-electron chi connectivity index (χ4n) is 0.974. The Hall–Kier alpha value is -1.42. The van der Waals surface area contributed by atoms with Crippen molar-refractivity contribution in [3.8, 4) is 0 Å². The lowest BCUT2D eigenvalue weighted by molar-refractivity contribution is -0.297. The Kier molecular flexibility index (Phi) is 4.24. The topological polar surface area (TPSA) is 35.5 Å². The fourth-order valence-corrected chi connectivity index (χ4v) is 0.974. The van der Waals surface area contributed by atoms with Crippen molar-refractivity contribution in [3.05, 3.63) is 35.6 Å². The van der Waals surface area contributed by atoms with E-state index in [-0.39, 0.29) is 12.2 Å². The number of carbonyl (C=O) groups excluding carboxylic acids is 1. The van der Waals surface area contributed by atoms with Gasteiger partial charge >= 0.3 is 5.97 Å². The Morgan fingerprint density at radius 1 is 1.40 bits per heavy atom. The van der Waals surface area contributed by atoms with Crippen molar-refractivity contribution in [2.45, 2.75) is 26.4 Å². The summed E-state index contributed by atoms with van der Waals surface area (Å²) >= 11 is 0. The van der Waals surface area contributed by atoms with Crippen LogP contribution in [0.25, 0.3) is 0 Å². The summed E-state index contributed by atoms with van der Waals surface area (Å²) in [5.41, 5.74) is 0.750. The summed E-state index contributed by atoms with van der Waals surface area (Å²) in [6.07, 6.45) is -0.142. The first-order chi connectivity index (χ1) is 7.13. The maximum atomic E-state index is 12.6. The van der Waals surface area contributed by atoms with Crippen molar-refractivity contribution >= 4 is 5.97 Å². The minimum absolute atomic E-state index is 0.260. The van der Waals surface area contributed by atoms with Gasteiger partial charge in [0.05, 0.1) is 0 Å². The zero-order valence-electron chi connectivity index (χ0n) is 8.70. The highest BCUT2D eigenvalue weighted by atomic mass is 19.1. The predicted octanol–water partition coefficient (Wildman–Crippen LogP) is 2.77. The molecule has 0 amide bonds.